The number of nitrogens with one attached hydrogen (secondary N) is 1. The number of piperidine rings is 1. The summed E-state index contributed by atoms with van der Waals surface area (Å²) in [5.74, 6) is 6.10. The second-order valence-corrected chi connectivity index (χ2v) is 8.23. The quantitative estimate of drug-likeness (QED) is 0.397. The number of alkyl halides is 1. The van der Waals surface area contributed by atoms with Crippen LogP contribution in [0.1, 0.15) is 46.6 Å². The van der Waals surface area contributed by atoms with Gasteiger partial charge in [0.1, 0.15) is 17.6 Å². The van der Waals surface area contributed by atoms with Gasteiger partial charge in [-0.2, -0.15) is 4.98 Å². The molecule has 1 N–H and O–H groups in total. The van der Waals surface area contributed by atoms with Gasteiger partial charge in [-0.1, -0.05) is 5.92 Å². The topological polar surface area (TPSA) is 85.8 Å². The van der Waals surface area contributed by atoms with Crippen molar-refractivity contribution in [3.63, 3.8) is 0 Å². The molecule has 0 aliphatic carbocycles. The number of carbonyl (C=O) groups excluding carboxylic acids is 1. The Morgan fingerprint density at radius 2 is 2.06 bits per heavy atom. The highest BCUT2D eigenvalue weighted by atomic mass is 35.5. The molecule has 0 radical (unpaired) electrons. The van der Waals surface area contributed by atoms with E-state index in [1.807, 2.05) is 13.8 Å². The number of rotatable bonds is 6. The number of anilines is 1. The zero-order valence-corrected chi connectivity index (χ0v) is 19.3. The maximum Gasteiger partial charge on any atom is 0.410 e. The lowest BCUT2D eigenvalue weighted by Crippen LogP contribution is -2.51. The van der Waals surface area contributed by atoms with E-state index >= 15 is 0 Å². The van der Waals surface area contributed by atoms with Gasteiger partial charge in [0.15, 0.2) is 0 Å². The van der Waals surface area contributed by atoms with Gasteiger partial charge in [-0.15, -0.1) is 0 Å². The Kier molecular flexibility index (Phi) is 9.29. The maximum absolute atomic E-state index is 14.9. The number of likely N-dealkylation sites (tertiary alicyclic amines) is 1. The van der Waals surface area contributed by atoms with Crippen LogP contribution >= 0.6 is 11.6 Å². The molecule has 1 fully saturated rings. The molecular formula is C21H30ClFN4O4. The lowest BCUT2D eigenvalue weighted by atomic mass is 10.0. The SMILES string of the molecule is CCOC(C#Cc1cnc(Cl)nc1N[C@@H]1CCN(C(=O)OC(C)(C)C)C[C@@H]1F)OCC. The summed E-state index contributed by atoms with van der Waals surface area (Å²) >= 11 is 5.94. The van der Waals surface area contributed by atoms with E-state index in [1.165, 1.54) is 11.1 Å². The van der Waals surface area contributed by atoms with Crippen LogP contribution in [0.5, 0.6) is 0 Å². The molecule has 1 aliphatic rings. The minimum Gasteiger partial charge on any atom is -0.444 e. The number of amides is 1. The first-order chi connectivity index (χ1) is 14.6. The van der Waals surface area contributed by atoms with Gasteiger partial charge >= 0.3 is 6.09 Å². The number of ether oxygens (including phenoxy) is 3. The average molecular weight is 457 g/mol. The van der Waals surface area contributed by atoms with Crippen molar-refractivity contribution >= 4 is 23.5 Å². The Hall–Kier alpha value is -2.15. The summed E-state index contributed by atoms with van der Waals surface area (Å²) in [5.41, 5.74) is -0.194. The summed E-state index contributed by atoms with van der Waals surface area (Å²) in [7, 11) is 0. The first-order valence-corrected chi connectivity index (χ1v) is 10.7. The van der Waals surface area contributed by atoms with Gasteiger partial charge in [0.25, 0.3) is 0 Å². The Balaban J connectivity index is 2.10. The fourth-order valence-electron chi connectivity index (χ4n) is 2.87. The summed E-state index contributed by atoms with van der Waals surface area (Å²) < 4.78 is 31.0. The van der Waals surface area contributed by atoms with Crippen molar-refractivity contribution in [2.24, 2.45) is 0 Å². The molecule has 8 nitrogen and oxygen atoms in total. The fraction of sp³-hybridized carbons (Fsp3) is 0.667. The van der Waals surface area contributed by atoms with Crippen LogP contribution in [0.25, 0.3) is 0 Å². The van der Waals surface area contributed by atoms with Crippen LogP contribution in [0, 0.1) is 11.8 Å². The van der Waals surface area contributed by atoms with Crippen LogP contribution in [0.3, 0.4) is 0 Å². The molecule has 0 saturated carbocycles. The van der Waals surface area contributed by atoms with Crippen LogP contribution in [-0.2, 0) is 14.2 Å². The van der Waals surface area contributed by atoms with Crippen LogP contribution in [-0.4, -0.2) is 71.4 Å². The number of hydrogen-bond donors (Lipinski definition) is 1. The molecule has 31 heavy (non-hydrogen) atoms. The van der Waals surface area contributed by atoms with Gasteiger partial charge in [0, 0.05) is 26.0 Å². The molecule has 2 heterocycles. The van der Waals surface area contributed by atoms with E-state index in [4.69, 9.17) is 25.8 Å². The number of aromatic nitrogens is 2. The molecule has 10 heteroatoms. The highest BCUT2D eigenvalue weighted by molar-refractivity contribution is 6.28. The monoisotopic (exact) mass is 456 g/mol. The van der Waals surface area contributed by atoms with Crippen molar-refractivity contribution in [2.45, 2.75) is 65.1 Å². The van der Waals surface area contributed by atoms with Gasteiger partial charge in [0.2, 0.25) is 11.6 Å². The van der Waals surface area contributed by atoms with Crippen molar-refractivity contribution in [3.8, 4) is 11.8 Å². The number of nitrogens with zero attached hydrogens (tertiary/aromatic N) is 3. The second-order valence-electron chi connectivity index (χ2n) is 7.90. The molecule has 2 atom stereocenters. The standard InChI is InChI=1S/C21H30ClFN4O4/c1-6-29-17(30-7-2)9-8-14-12-24-19(22)26-18(14)25-16-10-11-27(13-15(16)23)20(28)31-21(3,4)5/h12,15-17H,6-7,10-11,13H2,1-5H3,(H,24,25,26)/t15-,16+/m0/s1. The number of hydrogen-bond acceptors (Lipinski definition) is 7. The van der Waals surface area contributed by atoms with Crippen molar-refractivity contribution in [2.75, 3.05) is 31.6 Å². The van der Waals surface area contributed by atoms with E-state index in [0.29, 0.717) is 37.6 Å². The molecule has 0 aromatic carbocycles. The van der Waals surface area contributed by atoms with E-state index in [2.05, 4.69) is 27.1 Å². The Bertz CT molecular complexity index is 803. The molecule has 1 saturated heterocycles. The summed E-state index contributed by atoms with van der Waals surface area (Å²) in [4.78, 5) is 21.7. The molecule has 1 aromatic heterocycles. The molecule has 2 rings (SSSR count). The summed E-state index contributed by atoms with van der Waals surface area (Å²) in [5, 5.41) is 3.08. The number of carbonyl (C=O) groups is 1. The van der Waals surface area contributed by atoms with Gasteiger partial charge in [-0.25, -0.2) is 14.2 Å². The van der Waals surface area contributed by atoms with Gasteiger partial charge in [-0.05, 0) is 58.6 Å². The Labute approximate surface area is 187 Å². The second kappa shape index (κ2) is 11.5. The Morgan fingerprint density at radius 3 is 2.65 bits per heavy atom. The smallest absolute Gasteiger partial charge is 0.410 e. The molecule has 0 spiro atoms. The normalized spacial score (nSPS) is 19.0. The first-order valence-electron chi connectivity index (χ1n) is 10.3. The van der Waals surface area contributed by atoms with Crippen molar-refractivity contribution < 1.29 is 23.4 Å². The van der Waals surface area contributed by atoms with Crippen molar-refractivity contribution in [1.82, 2.24) is 14.9 Å². The van der Waals surface area contributed by atoms with E-state index in [-0.39, 0.29) is 11.8 Å². The van der Waals surface area contributed by atoms with E-state index in [9.17, 15) is 9.18 Å². The highest BCUT2D eigenvalue weighted by Crippen LogP contribution is 2.22. The molecule has 0 bridgehead atoms. The van der Waals surface area contributed by atoms with E-state index < -0.39 is 30.2 Å². The zero-order chi connectivity index (χ0) is 23.0. The molecule has 1 aromatic rings. The highest BCUT2D eigenvalue weighted by Gasteiger charge is 2.34. The third-order valence-corrected chi connectivity index (χ3v) is 4.42. The predicted molar refractivity (Wildman–Crippen MR) is 116 cm³/mol. The van der Waals surface area contributed by atoms with Crippen LogP contribution in [0.2, 0.25) is 5.28 Å². The van der Waals surface area contributed by atoms with E-state index in [1.54, 1.807) is 20.8 Å². The first kappa shape index (κ1) is 25.1. The predicted octanol–water partition coefficient (Wildman–Crippen LogP) is 3.64. The molecule has 1 aliphatic heterocycles. The van der Waals surface area contributed by atoms with Gasteiger partial charge < -0.3 is 24.4 Å². The van der Waals surface area contributed by atoms with Gasteiger partial charge in [0.05, 0.1) is 18.2 Å². The lowest BCUT2D eigenvalue weighted by Gasteiger charge is -2.36. The lowest BCUT2D eigenvalue weighted by molar-refractivity contribution is -0.0969. The van der Waals surface area contributed by atoms with Crippen LogP contribution < -0.4 is 5.32 Å². The number of halogens is 2. The van der Waals surface area contributed by atoms with E-state index in [0.717, 1.165) is 0 Å². The zero-order valence-electron chi connectivity index (χ0n) is 18.6. The third-order valence-electron chi connectivity index (χ3n) is 4.24. The molecular weight excluding hydrogens is 427 g/mol. The summed E-state index contributed by atoms with van der Waals surface area (Å²) in [6, 6.07) is -0.570. The summed E-state index contributed by atoms with van der Waals surface area (Å²) in [6.45, 7) is 10.2. The minimum atomic E-state index is -1.32. The third kappa shape index (κ3) is 8.13. The Morgan fingerprint density at radius 1 is 1.39 bits per heavy atom. The van der Waals surface area contributed by atoms with Crippen LogP contribution in [0.4, 0.5) is 15.0 Å². The van der Waals surface area contributed by atoms with Crippen molar-refractivity contribution in [1.29, 1.82) is 0 Å². The minimum absolute atomic E-state index is 0.0146. The fourth-order valence-corrected chi connectivity index (χ4v) is 3.00. The average Bonchev–Trinajstić information content (AvgIpc) is 2.67. The molecule has 0 unspecified atom stereocenters. The summed E-state index contributed by atoms with van der Waals surface area (Å²) in [6.07, 6.45) is -0.707. The maximum atomic E-state index is 14.9. The molecule has 1 amide bonds. The largest absolute Gasteiger partial charge is 0.444 e. The van der Waals surface area contributed by atoms with Gasteiger partial charge in [-0.3, -0.25) is 0 Å². The van der Waals surface area contributed by atoms with Crippen molar-refractivity contribution in [3.05, 3.63) is 17.0 Å². The van der Waals surface area contributed by atoms with Crippen LogP contribution in [0.15, 0.2) is 6.20 Å². The molecule has 172 valence electrons.